The molecule has 3 rings (SSSR count). The van der Waals surface area contributed by atoms with E-state index in [-0.39, 0.29) is 0 Å². The van der Waals surface area contributed by atoms with E-state index < -0.39 is 0 Å². The zero-order valence-electron chi connectivity index (χ0n) is 10.0. The Balaban J connectivity index is 2.30. The van der Waals surface area contributed by atoms with Gasteiger partial charge in [-0.15, -0.1) is 0 Å². The summed E-state index contributed by atoms with van der Waals surface area (Å²) in [5, 5.41) is 3.20. The van der Waals surface area contributed by atoms with Crippen LogP contribution in [0.25, 0.3) is 17.0 Å². The fourth-order valence-corrected chi connectivity index (χ4v) is 2.08. The number of aromatic amines is 1. The number of aryl methyl sites for hydroxylation is 1. The Morgan fingerprint density at radius 1 is 1.28 bits per heavy atom. The minimum atomic E-state index is 0.743. The highest BCUT2D eigenvalue weighted by molar-refractivity contribution is 7.71. The number of hydrogen-bond acceptors (Lipinski definition) is 4. The maximum atomic E-state index is 5.40. The highest BCUT2D eigenvalue weighted by Crippen LogP contribution is 2.17. The van der Waals surface area contributed by atoms with E-state index in [1.807, 2.05) is 19.9 Å². The Bertz CT molecular complexity index is 772. The Kier molecular flexibility index (Phi) is 2.45. The summed E-state index contributed by atoms with van der Waals surface area (Å²) in [6, 6.07) is 1.92. The first kappa shape index (κ1) is 11.0. The minimum Gasteiger partial charge on any atom is -0.289 e. The van der Waals surface area contributed by atoms with E-state index >= 15 is 0 Å². The lowest BCUT2D eigenvalue weighted by atomic mass is 10.3. The first-order valence-electron chi connectivity index (χ1n) is 5.52. The van der Waals surface area contributed by atoms with Crippen LogP contribution in [0.3, 0.4) is 0 Å². The van der Waals surface area contributed by atoms with Crippen molar-refractivity contribution in [2.24, 2.45) is 0 Å². The molecule has 0 aliphatic rings. The van der Waals surface area contributed by atoms with Gasteiger partial charge < -0.3 is 0 Å². The molecule has 3 aromatic rings. The minimum absolute atomic E-state index is 0.743. The second kappa shape index (κ2) is 3.99. The van der Waals surface area contributed by atoms with E-state index in [0.29, 0.717) is 0 Å². The third kappa shape index (κ3) is 1.62. The van der Waals surface area contributed by atoms with Crippen LogP contribution in [0.2, 0.25) is 0 Å². The van der Waals surface area contributed by atoms with Crippen LogP contribution in [0.5, 0.6) is 0 Å². The van der Waals surface area contributed by atoms with Crippen LogP contribution in [0.15, 0.2) is 24.7 Å². The number of rotatable bonds is 1. The zero-order valence-corrected chi connectivity index (χ0v) is 10.8. The molecule has 0 saturated heterocycles. The van der Waals surface area contributed by atoms with Gasteiger partial charge in [-0.25, -0.2) is 9.50 Å². The van der Waals surface area contributed by atoms with Crippen LogP contribution >= 0.6 is 12.2 Å². The van der Waals surface area contributed by atoms with Crippen molar-refractivity contribution >= 4 is 17.9 Å². The van der Waals surface area contributed by atoms with Gasteiger partial charge in [-0.2, -0.15) is 0 Å². The topological polar surface area (TPSA) is 58.9 Å². The van der Waals surface area contributed by atoms with Gasteiger partial charge in [0.1, 0.15) is 10.3 Å². The molecule has 0 aliphatic heterocycles. The Hall–Kier alpha value is -2.08. The fraction of sp³-hybridized carbons (Fsp3) is 0.167. The number of H-pyrrole nitrogens is 1. The van der Waals surface area contributed by atoms with Crippen LogP contribution < -0.4 is 0 Å². The van der Waals surface area contributed by atoms with Gasteiger partial charge in [0.15, 0.2) is 5.65 Å². The third-order valence-electron chi connectivity index (χ3n) is 2.92. The lowest BCUT2D eigenvalue weighted by molar-refractivity contribution is 0.900. The van der Waals surface area contributed by atoms with E-state index in [9.17, 15) is 0 Å². The molecule has 0 spiro atoms. The van der Waals surface area contributed by atoms with E-state index in [1.165, 1.54) is 0 Å². The molecule has 0 saturated carbocycles. The molecule has 0 aliphatic carbocycles. The van der Waals surface area contributed by atoms with E-state index in [0.717, 1.165) is 32.9 Å². The molecule has 0 amide bonds. The molecule has 3 aromatic heterocycles. The smallest absolute Gasteiger partial charge is 0.155 e. The van der Waals surface area contributed by atoms with Crippen LogP contribution in [0.4, 0.5) is 0 Å². The highest BCUT2D eigenvalue weighted by Gasteiger charge is 2.08. The average molecular weight is 257 g/mol. The summed E-state index contributed by atoms with van der Waals surface area (Å²) >= 11 is 5.40. The molecule has 0 bridgehead atoms. The number of aromatic nitrogens is 5. The number of hydrogen-bond donors (Lipinski definition) is 1. The summed E-state index contributed by atoms with van der Waals surface area (Å²) in [4.78, 5) is 12.8. The lowest BCUT2D eigenvalue weighted by Gasteiger charge is -2.00. The maximum Gasteiger partial charge on any atom is 0.155 e. The summed E-state index contributed by atoms with van der Waals surface area (Å²) in [5.41, 5.74) is 4.38. The first-order valence-corrected chi connectivity index (χ1v) is 5.93. The van der Waals surface area contributed by atoms with Crippen LogP contribution in [-0.4, -0.2) is 24.6 Å². The van der Waals surface area contributed by atoms with Crippen molar-refractivity contribution in [3.63, 3.8) is 0 Å². The highest BCUT2D eigenvalue weighted by atomic mass is 32.1. The lowest BCUT2D eigenvalue weighted by Crippen LogP contribution is -1.98. The predicted octanol–water partition coefficient (Wildman–Crippen LogP) is 2.47. The Morgan fingerprint density at radius 3 is 2.83 bits per heavy atom. The molecule has 0 fully saturated rings. The molecular weight excluding hydrogens is 246 g/mol. The van der Waals surface area contributed by atoms with Crippen molar-refractivity contribution in [3.8, 4) is 11.4 Å². The normalized spacial score (nSPS) is 11.0. The van der Waals surface area contributed by atoms with E-state index in [2.05, 4.69) is 20.1 Å². The standard InChI is InChI=1S/C12H11N5S/c1-7-8(2)15-11-5-9(16-17(11)12(7)18)10-6-13-3-4-14-10/h3-6,16H,1-2H3. The van der Waals surface area contributed by atoms with E-state index in [4.69, 9.17) is 12.2 Å². The van der Waals surface area contributed by atoms with Gasteiger partial charge in [0.25, 0.3) is 0 Å². The Labute approximate surface area is 109 Å². The zero-order chi connectivity index (χ0) is 12.7. The van der Waals surface area contributed by atoms with E-state index in [1.54, 1.807) is 23.1 Å². The molecule has 0 aromatic carbocycles. The summed E-state index contributed by atoms with van der Waals surface area (Å²) < 4.78 is 2.54. The molecule has 90 valence electrons. The van der Waals surface area contributed by atoms with Crippen molar-refractivity contribution < 1.29 is 0 Å². The van der Waals surface area contributed by atoms with Crippen LogP contribution in [-0.2, 0) is 0 Å². The molecule has 0 radical (unpaired) electrons. The monoisotopic (exact) mass is 257 g/mol. The summed E-state index contributed by atoms with van der Waals surface area (Å²) in [6.45, 7) is 3.93. The van der Waals surface area contributed by atoms with Gasteiger partial charge in [-0.05, 0) is 13.8 Å². The fourth-order valence-electron chi connectivity index (χ4n) is 1.79. The summed E-state index contributed by atoms with van der Waals surface area (Å²) in [5.74, 6) is 0. The van der Waals surface area contributed by atoms with Gasteiger partial charge in [-0.1, -0.05) is 12.2 Å². The first-order chi connectivity index (χ1) is 8.66. The quantitative estimate of drug-likeness (QED) is 0.680. The molecule has 18 heavy (non-hydrogen) atoms. The summed E-state index contributed by atoms with van der Waals surface area (Å²) in [6.07, 6.45) is 5.00. The van der Waals surface area contributed by atoms with Gasteiger partial charge in [0.05, 0.1) is 11.9 Å². The molecule has 0 atom stereocenters. The molecule has 0 unspecified atom stereocenters. The molecule has 1 N–H and O–H groups in total. The van der Waals surface area contributed by atoms with Crippen molar-refractivity contribution in [3.05, 3.63) is 40.6 Å². The number of nitrogens with one attached hydrogen (secondary N) is 1. The molecular formula is C12H11N5S. The third-order valence-corrected chi connectivity index (χ3v) is 3.41. The van der Waals surface area contributed by atoms with Crippen molar-refractivity contribution in [2.45, 2.75) is 13.8 Å². The van der Waals surface area contributed by atoms with Gasteiger partial charge >= 0.3 is 0 Å². The maximum absolute atomic E-state index is 5.40. The van der Waals surface area contributed by atoms with Crippen molar-refractivity contribution in [2.75, 3.05) is 0 Å². The Morgan fingerprint density at radius 2 is 2.11 bits per heavy atom. The average Bonchev–Trinajstić information content (AvgIpc) is 2.81. The van der Waals surface area contributed by atoms with Gasteiger partial charge in [-0.3, -0.25) is 15.1 Å². The SMILES string of the molecule is Cc1nc2cc(-c3cnccn3)[nH]n2c(=S)c1C. The number of fused-ring (bicyclic) bond motifs is 1. The van der Waals surface area contributed by atoms with Crippen molar-refractivity contribution in [1.29, 1.82) is 0 Å². The number of nitrogens with zero attached hydrogens (tertiary/aromatic N) is 4. The largest absolute Gasteiger partial charge is 0.289 e. The predicted molar refractivity (Wildman–Crippen MR) is 70.9 cm³/mol. The van der Waals surface area contributed by atoms with Crippen LogP contribution in [0, 0.1) is 18.5 Å². The molecule has 6 heteroatoms. The second-order valence-corrected chi connectivity index (χ2v) is 4.47. The molecule has 5 nitrogen and oxygen atoms in total. The van der Waals surface area contributed by atoms with Crippen LogP contribution in [0.1, 0.15) is 11.3 Å². The summed E-state index contributed by atoms with van der Waals surface area (Å²) in [7, 11) is 0. The second-order valence-electron chi connectivity index (χ2n) is 4.08. The van der Waals surface area contributed by atoms with Gasteiger partial charge in [0, 0.05) is 29.7 Å². The molecule has 3 heterocycles. The van der Waals surface area contributed by atoms with Gasteiger partial charge in [0.2, 0.25) is 0 Å². The van der Waals surface area contributed by atoms with Crippen molar-refractivity contribution in [1.82, 2.24) is 24.6 Å².